The average molecular weight is 229 g/mol. The highest BCUT2D eigenvalue weighted by Gasteiger charge is 2.18. The Morgan fingerprint density at radius 3 is 2.88 bits per heavy atom. The molecule has 0 bridgehead atoms. The van der Waals surface area contributed by atoms with Crippen LogP contribution in [0.25, 0.3) is 11.5 Å². The van der Waals surface area contributed by atoms with Gasteiger partial charge in [-0.3, -0.25) is 0 Å². The summed E-state index contributed by atoms with van der Waals surface area (Å²) in [6, 6.07) is 10.4. The van der Waals surface area contributed by atoms with E-state index < -0.39 is 0 Å². The standard InChI is InChI=1S/C13H15N3O/c1-2-5-10(6-3-1)13-16-15-12(17-13)9-11-7-4-8-14-11/h1-3,5-6,11,14H,4,7-9H2. The summed E-state index contributed by atoms with van der Waals surface area (Å²) in [6.45, 7) is 1.10. The van der Waals surface area contributed by atoms with Crippen molar-refractivity contribution >= 4 is 0 Å². The summed E-state index contributed by atoms with van der Waals surface area (Å²) in [6.07, 6.45) is 3.27. The monoisotopic (exact) mass is 229 g/mol. The molecular weight excluding hydrogens is 214 g/mol. The third-order valence-corrected chi connectivity index (χ3v) is 3.07. The Labute approximate surface area is 100 Å². The van der Waals surface area contributed by atoms with E-state index >= 15 is 0 Å². The van der Waals surface area contributed by atoms with Gasteiger partial charge in [-0.15, -0.1) is 10.2 Å². The summed E-state index contributed by atoms with van der Waals surface area (Å²) in [7, 11) is 0. The second kappa shape index (κ2) is 4.67. The number of hydrogen-bond acceptors (Lipinski definition) is 4. The van der Waals surface area contributed by atoms with Gasteiger partial charge in [-0.05, 0) is 31.5 Å². The molecule has 0 amide bonds. The van der Waals surface area contributed by atoms with Crippen molar-refractivity contribution in [1.29, 1.82) is 0 Å². The van der Waals surface area contributed by atoms with E-state index in [0.29, 0.717) is 11.9 Å². The molecule has 1 atom stereocenters. The minimum atomic E-state index is 0.499. The lowest BCUT2D eigenvalue weighted by molar-refractivity contribution is 0.464. The lowest BCUT2D eigenvalue weighted by atomic mass is 10.2. The van der Waals surface area contributed by atoms with Gasteiger partial charge in [0.25, 0.3) is 0 Å². The average Bonchev–Trinajstić information content (AvgIpc) is 3.02. The molecule has 1 aliphatic rings. The zero-order valence-electron chi connectivity index (χ0n) is 9.60. The number of rotatable bonds is 3. The quantitative estimate of drug-likeness (QED) is 0.875. The molecule has 1 unspecified atom stereocenters. The van der Waals surface area contributed by atoms with Crippen LogP contribution in [-0.4, -0.2) is 22.8 Å². The largest absolute Gasteiger partial charge is 0.421 e. The predicted molar refractivity (Wildman–Crippen MR) is 64.5 cm³/mol. The molecule has 0 aliphatic carbocycles. The number of nitrogens with zero attached hydrogens (tertiary/aromatic N) is 2. The van der Waals surface area contributed by atoms with E-state index in [-0.39, 0.29) is 0 Å². The van der Waals surface area contributed by atoms with Crippen LogP contribution in [0, 0.1) is 0 Å². The van der Waals surface area contributed by atoms with E-state index in [9.17, 15) is 0 Å². The Hall–Kier alpha value is -1.68. The molecule has 0 spiro atoms. The minimum absolute atomic E-state index is 0.499. The second-order valence-electron chi connectivity index (χ2n) is 4.36. The first-order chi connectivity index (χ1) is 8.42. The van der Waals surface area contributed by atoms with Crippen molar-refractivity contribution < 1.29 is 4.42 Å². The maximum absolute atomic E-state index is 5.67. The first-order valence-corrected chi connectivity index (χ1v) is 6.03. The lowest BCUT2D eigenvalue weighted by Gasteiger charge is -2.04. The van der Waals surface area contributed by atoms with Crippen LogP contribution >= 0.6 is 0 Å². The van der Waals surface area contributed by atoms with E-state index in [2.05, 4.69) is 15.5 Å². The number of hydrogen-bond donors (Lipinski definition) is 1. The normalized spacial score (nSPS) is 19.6. The summed E-state index contributed by atoms with van der Waals surface area (Å²) in [5.41, 5.74) is 0.977. The molecule has 1 N–H and O–H groups in total. The van der Waals surface area contributed by atoms with Gasteiger partial charge in [-0.2, -0.15) is 0 Å². The van der Waals surface area contributed by atoms with Gasteiger partial charge in [-0.25, -0.2) is 0 Å². The summed E-state index contributed by atoms with van der Waals surface area (Å²) < 4.78 is 5.67. The Morgan fingerprint density at radius 2 is 2.12 bits per heavy atom. The van der Waals surface area contributed by atoms with Crippen molar-refractivity contribution in [1.82, 2.24) is 15.5 Å². The Kier molecular flexibility index (Phi) is 2.88. The maximum Gasteiger partial charge on any atom is 0.247 e. The van der Waals surface area contributed by atoms with Crippen LogP contribution in [0.4, 0.5) is 0 Å². The molecule has 2 aromatic rings. The fraction of sp³-hybridized carbons (Fsp3) is 0.385. The van der Waals surface area contributed by atoms with Crippen molar-refractivity contribution in [3.8, 4) is 11.5 Å². The van der Waals surface area contributed by atoms with Crippen molar-refractivity contribution in [3.63, 3.8) is 0 Å². The summed E-state index contributed by atoms with van der Waals surface area (Å²) in [5.74, 6) is 1.34. The van der Waals surface area contributed by atoms with Gasteiger partial charge >= 0.3 is 0 Å². The van der Waals surface area contributed by atoms with Crippen molar-refractivity contribution in [2.75, 3.05) is 6.54 Å². The van der Waals surface area contributed by atoms with Gasteiger partial charge in [-0.1, -0.05) is 18.2 Å². The van der Waals surface area contributed by atoms with E-state index in [1.54, 1.807) is 0 Å². The highest BCUT2D eigenvalue weighted by atomic mass is 16.4. The van der Waals surface area contributed by atoms with E-state index in [0.717, 1.165) is 24.4 Å². The molecule has 1 saturated heterocycles. The third-order valence-electron chi connectivity index (χ3n) is 3.07. The Morgan fingerprint density at radius 1 is 1.24 bits per heavy atom. The topological polar surface area (TPSA) is 51.0 Å². The van der Waals surface area contributed by atoms with Gasteiger partial charge in [0.05, 0.1) is 0 Å². The Balaban J connectivity index is 1.74. The molecule has 1 aliphatic heterocycles. The number of aromatic nitrogens is 2. The molecule has 0 radical (unpaired) electrons. The van der Waals surface area contributed by atoms with Crippen molar-refractivity contribution in [2.45, 2.75) is 25.3 Å². The lowest BCUT2D eigenvalue weighted by Crippen LogP contribution is -2.23. The molecule has 1 aromatic carbocycles. The Bertz CT molecular complexity index is 474. The van der Waals surface area contributed by atoms with Crippen LogP contribution in [0.1, 0.15) is 18.7 Å². The van der Waals surface area contributed by atoms with E-state index in [4.69, 9.17) is 4.42 Å². The smallest absolute Gasteiger partial charge is 0.247 e. The first kappa shape index (κ1) is 10.5. The zero-order valence-corrected chi connectivity index (χ0v) is 9.60. The number of nitrogens with one attached hydrogen (secondary N) is 1. The maximum atomic E-state index is 5.67. The number of benzene rings is 1. The first-order valence-electron chi connectivity index (χ1n) is 6.03. The molecule has 4 nitrogen and oxygen atoms in total. The van der Waals surface area contributed by atoms with Crippen LogP contribution in [0.15, 0.2) is 34.7 Å². The third kappa shape index (κ3) is 2.36. The highest BCUT2D eigenvalue weighted by molar-refractivity contribution is 5.51. The molecule has 17 heavy (non-hydrogen) atoms. The SMILES string of the molecule is c1ccc(-c2nnc(CC3CCCN3)o2)cc1. The van der Waals surface area contributed by atoms with E-state index in [1.165, 1.54) is 12.8 Å². The van der Waals surface area contributed by atoms with Crippen LogP contribution < -0.4 is 5.32 Å². The van der Waals surface area contributed by atoms with Gasteiger partial charge in [0.1, 0.15) is 0 Å². The van der Waals surface area contributed by atoms with Gasteiger partial charge < -0.3 is 9.73 Å². The highest BCUT2D eigenvalue weighted by Crippen LogP contribution is 2.18. The van der Waals surface area contributed by atoms with Crippen molar-refractivity contribution in [2.24, 2.45) is 0 Å². The fourth-order valence-electron chi connectivity index (χ4n) is 2.18. The molecule has 88 valence electrons. The van der Waals surface area contributed by atoms with Gasteiger partial charge in [0.15, 0.2) is 0 Å². The van der Waals surface area contributed by atoms with Gasteiger partial charge in [0.2, 0.25) is 11.8 Å². The van der Waals surface area contributed by atoms with Crippen LogP contribution in [0.2, 0.25) is 0 Å². The molecule has 0 saturated carbocycles. The molecule has 4 heteroatoms. The zero-order chi connectivity index (χ0) is 11.5. The predicted octanol–water partition coefficient (Wildman–Crippen LogP) is 2.03. The summed E-state index contributed by atoms with van der Waals surface area (Å²) in [5, 5.41) is 11.6. The van der Waals surface area contributed by atoms with Crippen LogP contribution in [0.5, 0.6) is 0 Å². The van der Waals surface area contributed by atoms with E-state index in [1.807, 2.05) is 30.3 Å². The molecule has 1 aromatic heterocycles. The minimum Gasteiger partial charge on any atom is -0.421 e. The summed E-state index contributed by atoms with van der Waals surface area (Å²) >= 11 is 0. The summed E-state index contributed by atoms with van der Waals surface area (Å²) in [4.78, 5) is 0. The second-order valence-corrected chi connectivity index (χ2v) is 4.36. The van der Waals surface area contributed by atoms with Crippen molar-refractivity contribution in [3.05, 3.63) is 36.2 Å². The molecule has 1 fully saturated rings. The molecular formula is C13H15N3O. The van der Waals surface area contributed by atoms with Gasteiger partial charge in [0, 0.05) is 18.0 Å². The van der Waals surface area contributed by atoms with Crippen LogP contribution in [-0.2, 0) is 6.42 Å². The van der Waals surface area contributed by atoms with Crippen LogP contribution in [0.3, 0.4) is 0 Å². The fourth-order valence-corrected chi connectivity index (χ4v) is 2.18. The molecule has 2 heterocycles. The molecule has 3 rings (SSSR count).